The van der Waals surface area contributed by atoms with Crippen LogP contribution in [-0.4, -0.2) is 30.6 Å². The summed E-state index contributed by atoms with van der Waals surface area (Å²) in [5, 5.41) is 7.82. The van der Waals surface area contributed by atoms with Gasteiger partial charge >= 0.3 is 0 Å². The molecule has 3 heteroatoms. The minimum atomic E-state index is 0.705. The van der Waals surface area contributed by atoms with Gasteiger partial charge in [0.05, 0.1) is 0 Å². The van der Waals surface area contributed by atoms with Crippen LogP contribution in [0.2, 0.25) is 0 Å². The van der Waals surface area contributed by atoms with Crippen LogP contribution in [0.15, 0.2) is 16.8 Å². The zero-order valence-electron chi connectivity index (χ0n) is 9.57. The van der Waals surface area contributed by atoms with Crippen LogP contribution in [-0.2, 0) is 6.54 Å². The first-order chi connectivity index (χ1) is 7.29. The summed E-state index contributed by atoms with van der Waals surface area (Å²) in [5.41, 5.74) is 1.47. The van der Waals surface area contributed by atoms with Gasteiger partial charge in [0.2, 0.25) is 0 Å². The quantitative estimate of drug-likeness (QED) is 0.847. The minimum Gasteiger partial charge on any atom is -0.317 e. The van der Waals surface area contributed by atoms with E-state index in [1.54, 1.807) is 11.3 Å². The maximum Gasteiger partial charge on any atom is 0.0244 e. The smallest absolute Gasteiger partial charge is 0.0244 e. The molecule has 2 unspecified atom stereocenters. The highest BCUT2D eigenvalue weighted by atomic mass is 32.1. The molecule has 84 valence electrons. The summed E-state index contributed by atoms with van der Waals surface area (Å²) in [6.45, 7) is 4.69. The lowest BCUT2D eigenvalue weighted by Gasteiger charge is -2.37. The van der Waals surface area contributed by atoms with Crippen molar-refractivity contribution in [2.24, 2.45) is 0 Å². The molecule has 0 spiro atoms. The first kappa shape index (κ1) is 11.1. The standard InChI is InChI=1S/C12H20N2S/c1-10-7-12(13-2)3-5-14(10)8-11-4-6-15-9-11/h4,6,9-10,12-13H,3,5,7-8H2,1-2H3. The Balaban J connectivity index is 1.89. The van der Waals surface area contributed by atoms with Crippen molar-refractivity contribution in [1.29, 1.82) is 0 Å². The Hall–Kier alpha value is -0.380. The van der Waals surface area contributed by atoms with E-state index in [0.717, 1.165) is 12.6 Å². The third-order valence-corrected chi connectivity index (χ3v) is 4.12. The fourth-order valence-electron chi connectivity index (χ4n) is 2.33. The van der Waals surface area contributed by atoms with Crippen LogP contribution in [0.4, 0.5) is 0 Å². The molecule has 1 N–H and O–H groups in total. The van der Waals surface area contributed by atoms with E-state index in [2.05, 4.69) is 41.0 Å². The summed E-state index contributed by atoms with van der Waals surface area (Å²) in [4.78, 5) is 2.59. The fraction of sp³-hybridized carbons (Fsp3) is 0.667. The zero-order chi connectivity index (χ0) is 10.7. The van der Waals surface area contributed by atoms with E-state index in [1.165, 1.54) is 24.9 Å². The van der Waals surface area contributed by atoms with Gasteiger partial charge in [-0.05, 0) is 49.2 Å². The number of hydrogen-bond donors (Lipinski definition) is 1. The highest BCUT2D eigenvalue weighted by Gasteiger charge is 2.24. The van der Waals surface area contributed by atoms with Crippen molar-refractivity contribution in [1.82, 2.24) is 10.2 Å². The molecule has 1 aromatic rings. The van der Waals surface area contributed by atoms with Crippen LogP contribution >= 0.6 is 11.3 Å². The van der Waals surface area contributed by atoms with Crippen molar-refractivity contribution < 1.29 is 0 Å². The van der Waals surface area contributed by atoms with Gasteiger partial charge in [0, 0.05) is 25.2 Å². The number of nitrogens with zero attached hydrogens (tertiary/aromatic N) is 1. The van der Waals surface area contributed by atoms with E-state index in [1.807, 2.05) is 0 Å². The summed E-state index contributed by atoms with van der Waals surface area (Å²) in [6, 6.07) is 3.66. The molecule has 1 fully saturated rings. The van der Waals surface area contributed by atoms with E-state index in [-0.39, 0.29) is 0 Å². The Labute approximate surface area is 96.3 Å². The highest BCUT2D eigenvalue weighted by molar-refractivity contribution is 7.07. The first-order valence-corrected chi connectivity index (χ1v) is 6.66. The second-order valence-corrected chi connectivity index (χ2v) is 5.24. The van der Waals surface area contributed by atoms with E-state index in [9.17, 15) is 0 Å². The number of nitrogens with one attached hydrogen (secondary N) is 1. The summed E-state index contributed by atoms with van der Waals surface area (Å²) < 4.78 is 0. The van der Waals surface area contributed by atoms with Gasteiger partial charge in [-0.25, -0.2) is 0 Å². The maximum absolute atomic E-state index is 3.39. The molecule has 0 bridgehead atoms. The Bertz CT molecular complexity index is 284. The average molecular weight is 224 g/mol. The lowest BCUT2D eigenvalue weighted by Crippen LogP contribution is -2.45. The van der Waals surface area contributed by atoms with E-state index >= 15 is 0 Å². The Morgan fingerprint density at radius 2 is 2.47 bits per heavy atom. The monoisotopic (exact) mass is 224 g/mol. The van der Waals surface area contributed by atoms with Crippen LogP contribution in [0, 0.1) is 0 Å². The van der Waals surface area contributed by atoms with Crippen LogP contribution in [0.3, 0.4) is 0 Å². The highest BCUT2D eigenvalue weighted by Crippen LogP contribution is 2.20. The largest absolute Gasteiger partial charge is 0.317 e. The van der Waals surface area contributed by atoms with Gasteiger partial charge in [-0.1, -0.05) is 0 Å². The second-order valence-electron chi connectivity index (χ2n) is 4.46. The number of thiophene rings is 1. The lowest BCUT2D eigenvalue weighted by molar-refractivity contribution is 0.131. The second kappa shape index (κ2) is 5.10. The van der Waals surface area contributed by atoms with Crippen LogP contribution < -0.4 is 5.32 Å². The van der Waals surface area contributed by atoms with Gasteiger partial charge in [0.1, 0.15) is 0 Å². The first-order valence-electron chi connectivity index (χ1n) is 5.72. The van der Waals surface area contributed by atoms with Crippen molar-refractivity contribution in [2.75, 3.05) is 13.6 Å². The van der Waals surface area contributed by atoms with Crippen LogP contribution in [0.25, 0.3) is 0 Å². The topological polar surface area (TPSA) is 15.3 Å². The molecule has 2 nitrogen and oxygen atoms in total. The van der Waals surface area contributed by atoms with Crippen molar-refractivity contribution in [3.63, 3.8) is 0 Å². The molecular formula is C12H20N2S. The van der Waals surface area contributed by atoms with Crippen molar-refractivity contribution >= 4 is 11.3 Å². The average Bonchev–Trinajstić information content (AvgIpc) is 2.74. The Kier molecular flexibility index (Phi) is 3.78. The molecule has 0 saturated carbocycles. The molecule has 0 aliphatic carbocycles. The molecule has 1 aliphatic rings. The van der Waals surface area contributed by atoms with Gasteiger partial charge in [-0.15, -0.1) is 0 Å². The summed E-state index contributed by atoms with van der Waals surface area (Å²) in [6.07, 6.45) is 2.56. The summed E-state index contributed by atoms with van der Waals surface area (Å²) in [7, 11) is 2.08. The molecule has 1 aromatic heterocycles. The fourth-order valence-corrected chi connectivity index (χ4v) is 2.99. The zero-order valence-corrected chi connectivity index (χ0v) is 10.4. The summed E-state index contributed by atoms with van der Waals surface area (Å²) in [5.74, 6) is 0. The van der Waals surface area contributed by atoms with E-state index in [4.69, 9.17) is 0 Å². The van der Waals surface area contributed by atoms with Crippen molar-refractivity contribution in [3.8, 4) is 0 Å². The van der Waals surface area contributed by atoms with Crippen molar-refractivity contribution in [2.45, 2.75) is 38.4 Å². The Morgan fingerprint density at radius 3 is 3.07 bits per heavy atom. The van der Waals surface area contributed by atoms with Crippen molar-refractivity contribution in [3.05, 3.63) is 22.4 Å². The molecule has 2 rings (SSSR count). The van der Waals surface area contributed by atoms with E-state index in [0.29, 0.717) is 6.04 Å². The predicted molar refractivity (Wildman–Crippen MR) is 66.3 cm³/mol. The van der Waals surface area contributed by atoms with Crippen LogP contribution in [0.5, 0.6) is 0 Å². The molecule has 1 aliphatic heterocycles. The number of rotatable bonds is 3. The number of piperidine rings is 1. The summed E-state index contributed by atoms with van der Waals surface area (Å²) >= 11 is 1.80. The third-order valence-electron chi connectivity index (χ3n) is 3.39. The van der Waals surface area contributed by atoms with Gasteiger partial charge in [-0.3, -0.25) is 4.90 Å². The van der Waals surface area contributed by atoms with Gasteiger partial charge in [0.15, 0.2) is 0 Å². The predicted octanol–water partition coefficient (Wildman–Crippen LogP) is 2.32. The van der Waals surface area contributed by atoms with Gasteiger partial charge < -0.3 is 5.32 Å². The van der Waals surface area contributed by atoms with Crippen LogP contribution in [0.1, 0.15) is 25.3 Å². The van der Waals surface area contributed by atoms with Gasteiger partial charge in [0.25, 0.3) is 0 Å². The molecule has 2 atom stereocenters. The molecular weight excluding hydrogens is 204 g/mol. The molecule has 15 heavy (non-hydrogen) atoms. The molecule has 0 amide bonds. The molecule has 1 saturated heterocycles. The van der Waals surface area contributed by atoms with E-state index < -0.39 is 0 Å². The molecule has 0 radical (unpaired) electrons. The maximum atomic E-state index is 3.39. The molecule has 2 heterocycles. The lowest BCUT2D eigenvalue weighted by atomic mass is 9.98. The minimum absolute atomic E-state index is 0.705. The third kappa shape index (κ3) is 2.80. The SMILES string of the molecule is CNC1CCN(Cc2ccsc2)C(C)C1. The number of hydrogen-bond acceptors (Lipinski definition) is 3. The normalized spacial score (nSPS) is 28.1. The number of likely N-dealkylation sites (tertiary alicyclic amines) is 1. The van der Waals surface area contributed by atoms with Gasteiger partial charge in [-0.2, -0.15) is 11.3 Å². The molecule has 0 aromatic carbocycles. The Morgan fingerprint density at radius 1 is 1.60 bits per heavy atom.